The summed E-state index contributed by atoms with van der Waals surface area (Å²) in [6, 6.07) is 3.40. The highest BCUT2D eigenvalue weighted by molar-refractivity contribution is 5.85. The summed E-state index contributed by atoms with van der Waals surface area (Å²) in [7, 11) is 0. The SMILES string of the molecule is CC.Cc1nnc2nc(NCc3cc(N)cc(C(F)(F)F)c3)c3c(n12)CN(C(=O)C1(CN)CC(CO)C1)C3. The number of carbonyl (C=O) groups excluding carboxylic acids is 1. The van der Waals surface area contributed by atoms with E-state index in [1.165, 1.54) is 6.07 Å². The first-order valence-corrected chi connectivity index (χ1v) is 12.6. The molecule has 1 amide bonds. The van der Waals surface area contributed by atoms with Crippen LogP contribution in [0.25, 0.3) is 5.78 Å². The first-order valence-electron chi connectivity index (χ1n) is 12.6. The van der Waals surface area contributed by atoms with E-state index in [1.54, 1.807) is 16.2 Å². The van der Waals surface area contributed by atoms with Crippen molar-refractivity contribution in [2.24, 2.45) is 17.1 Å². The Bertz CT molecular complexity index is 1330. The number of halogens is 3. The molecule has 0 bridgehead atoms. The second kappa shape index (κ2) is 10.4. The number of nitrogen functional groups attached to an aromatic ring is 1. The zero-order chi connectivity index (χ0) is 27.8. The molecule has 1 aliphatic heterocycles. The van der Waals surface area contributed by atoms with Crippen LogP contribution in [0.5, 0.6) is 0 Å². The standard InChI is InChI=1S/C23H27F3N8O2.C2H6/c1-12-31-32-21-30-19(29-7-13-2-15(23(24,25)26)4-16(28)3-13)17-8-33(9-18(17)34(12)21)20(36)22(11-27)5-14(6-22)10-35;1-2/h2-4,14,35H,5-11,27-28H2,1H3,(H,29,30,32);1-2H3. The maximum absolute atomic E-state index is 13.5. The van der Waals surface area contributed by atoms with E-state index in [1.807, 2.05) is 13.8 Å². The molecule has 38 heavy (non-hydrogen) atoms. The van der Waals surface area contributed by atoms with Gasteiger partial charge in [-0.2, -0.15) is 18.2 Å². The van der Waals surface area contributed by atoms with E-state index in [-0.39, 0.29) is 43.8 Å². The number of amides is 1. The molecular formula is C25H33F3N8O2. The van der Waals surface area contributed by atoms with Crippen LogP contribution in [0.3, 0.4) is 0 Å². The van der Waals surface area contributed by atoms with Crippen molar-refractivity contribution in [1.82, 2.24) is 24.5 Å². The van der Waals surface area contributed by atoms with Crippen LogP contribution in [0.1, 0.15) is 54.9 Å². The molecule has 5 rings (SSSR count). The Kier molecular flexibility index (Phi) is 7.53. The lowest BCUT2D eigenvalue weighted by Crippen LogP contribution is -2.54. The lowest BCUT2D eigenvalue weighted by Gasteiger charge is -2.46. The minimum Gasteiger partial charge on any atom is -0.399 e. The molecule has 206 valence electrons. The van der Waals surface area contributed by atoms with E-state index in [9.17, 15) is 23.1 Å². The van der Waals surface area contributed by atoms with E-state index in [0.29, 0.717) is 42.4 Å². The molecule has 0 radical (unpaired) electrons. The number of aryl methyl sites for hydroxylation is 1. The third-order valence-corrected chi connectivity index (χ3v) is 7.16. The highest BCUT2D eigenvalue weighted by Gasteiger charge is 2.51. The average Bonchev–Trinajstić information content (AvgIpc) is 3.46. The molecule has 0 saturated heterocycles. The number of aromatic nitrogens is 4. The highest BCUT2D eigenvalue weighted by atomic mass is 19.4. The molecule has 3 aromatic rings. The first-order chi connectivity index (χ1) is 18.0. The molecule has 0 unspecified atom stereocenters. The third kappa shape index (κ3) is 4.87. The summed E-state index contributed by atoms with van der Waals surface area (Å²) in [5.74, 6) is 1.33. The second-order valence-corrected chi connectivity index (χ2v) is 9.69. The summed E-state index contributed by atoms with van der Waals surface area (Å²) >= 11 is 0. The number of nitrogens with one attached hydrogen (secondary N) is 1. The van der Waals surface area contributed by atoms with Crippen molar-refractivity contribution >= 4 is 23.2 Å². The summed E-state index contributed by atoms with van der Waals surface area (Å²) in [5, 5.41) is 20.7. The van der Waals surface area contributed by atoms with Gasteiger partial charge < -0.3 is 26.8 Å². The molecule has 2 aliphatic rings. The topological polar surface area (TPSA) is 148 Å². The van der Waals surface area contributed by atoms with Crippen LogP contribution in [-0.4, -0.2) is 48.6 Å². The van der Waals surface area contributed by atoms with Crippen molar-refractivity contribution in [2.45, 2.75) is 59.4 Å². The summed E-state index contributed by atoms with van der Waals surface area (Å²) < 4.78 is 41.5. The maximum atomic E-state index is 13.5. The Morgan fingerprint density at radius 1 is 1.21 bits per heavy atom. The fraction of sp³-hybridized carbons (Fsp3) is 0.520. The van der Waals surface area contributed by atoms with Crippen molar-refractivity contribution < 1.29 is 23.1 Å². The number of anilines is 2. The Morgan fingerprint density at radius 2 is 1.92 bits per heavy atom. The van der Waals surface area contributed by atoms with Crippen LogP contribution in [0.15, 0.2) is 18.2 Å². The van der Waals surface area contributed by atoms with Gasteiger partial charge in [0.25, 0.3) is 5.78 Å². The number of fused-ring (bicyclic) bond motifs is 3. The number of hydrogen-bond donors (Lipinski definition) is 4. The number of nitrogens with zero attached hydrogens (tertiary/aromatic N) is 5. The molecule has 2 aromatic heterocycles. The van der Waals surface area contributed by atoms with Crippen molar-refractivity contribution in [1.29, 1.82) is 0 Å². The second-order valence-electron chi connectivity index (χ2n) is 9.69. The molecule has 3 heterocycles. The Labute approximate surface area is 218 Å². The lowest BCUT2D eigenvalue weighted by molar-refractivity contribution is -0.152. The van der Waals surface area contributed by atoms with Gasteiger partial charge in [0.2, 0.25) is 5.91 Å². The van der Waals surface area contributed by atoms with Crippen molar-refractivity contribution in [3.8, 4) is 0 Å². The number of rotatable bonds is 6. The fourth-order valence-electron chi connectivity index (χ4n) is 5.34. The predicted octanol–water partition coefficient (Wildman–Crippen LogP) is 2.86. The Balaban J connectivity index is 0.00000164. The zero-order valence-electron chi connectivity index (χ0n) is 21.6. The number of nitrogens with two attached hydrogens (primary N) is 2. The van der Waals surface area contributed by atoms with Gasteiger partial charge >= 0.3 is 6.18 Å². The van der Waals surface area contributed by atoms with Crippen LogP contribution >= 0.6 is 0 Å². The molecule has 1 fully saturated rings. The average molecular weight is 535 g/mol. The zero-order valence-corrected chi connectivity index (χ0v) is 21.6. The molecule has 0 atom stereocenters. The summed E-state index contributed by atoms with van der Waals surface area (Å²) in [6.07, 6.45) is -3.45. The van der Waals surface area contributed by atoms with Gasteiger partial charge in [0.15, 0.2) is 0 Å². The number of aliphatic hydroxyl groups is 1. The van der Waals surface area contributed by atoms with Crippen LogP contribution in [0, 0.1) is 18.3 Å². The van der Waals surface area contributed by atoms with Crippen molar-refractivity contribution in [2.75, 3.05) is 24.2 Å². The number of carbonyl (C=O) groups is 1. The van der Waals surface area contributed by atoms with Crippen LogP contribution < -0.4 is 16.8 Å². The lowest BCUT2D eigenvalue weighted by atomic mass is 9.61. The van der Waals surface area contributed by atoms with Gasteiger partial charge in [-0.25, -0.2) is 0 Å². The molecule has 0 spiro atoms. The fourth-order valence-corrected chi connectivity index (χ4v) is 5.34. The van der Waals surface area contributed by atoms with E-state index >= 15 is 0 Å². The Hall–Kier alpha value is -3.45. The first kappa shape index (κ1) is 27.6. The van der Waals surface area contributed by atoms with Gasteiger partial charge in [-0.15, -0.1) is 10.2 Å². The van der Waals surface area contributed by atoms with Crippen LogP contribution in [0.4, 0.5) is 24.7 Å². The number of hydrogen-bond acceptors (Lipinski definition) is 8. The van der Waals surface area contributed by atoms with Crippen LogP contribution in [0.2, 0.25) is 0 Å². The van der Waals surface area contributed by atoms with E-state index in [4.69, 9.17) is 11.5 Å². The molecule has 1 aliphatic carbocycles. The third-order valence-electron chi connectivity index (χ3n) is 7.16. The largest absolute Gasteiger partial charge is 0.416 e. The molecule has 1 aromatic carbocycles. The van der Waals surface area contributed by atoms with E-state index < -0.39 is 17.2 Å². The summed E-state index contributed by atoms with van der Waals surface area (Å²) in [6.45, 7) is 6.58. The van der Waals surface area contributed by atoms with Gasteiger partial charge in [0, 0.05) is 30.9 Å². The molecule has 6 N–H and O–H groups in total. The maximum Gasteiger partial charge on any atom is 0.416 e. The smallest absolute Gasteiger partial charge is 0.399 e. The van der Waals surface area contributed by atoms with Crippen molar-refractivity contribution in [3.63, 3.8) is 0 Å². The summed E-state index contributed by atoms with van der Waals surface area (Å²) in [4.78, 5) is 19.7. The van der Waals surface area contributed by atoms with Crippen molar-refractivity contribution in [3.05, 3.63) is 46.4 Å². The minimum atomic E-state index is -4.52. The van der Waals surface area contributed by atoms with Crippen LogP contribution in [-0.2, 0) is 30.6 Å². The number of alkyl halides is 3. The quantitative estimate of drug-likeness (QED) is 0.353. The normalized spacial score (nSPS) is 20.5. The monoisotopic (exact) mass is 534 g/mol. The number of benzene rings is 1. The van der Waals surface area contributed by atoms with Gasteiger partial charge in [0.05, 0.1) is 29.8 Å². The molecule has 10 nitrogen and oxygen atoms in total. The van der Waals surface area contributed by atoms with Gasteiger partial charge in [-0.05, 0) is 49.4 Å². The van der Waals surface area contributed by atoms with E-state index in [0.717, 1.165) is 23.4 Å². The Morgan fingerprint density at radius 3 is 2.55 bits per heavy atom. The minimum absolute atomic E-state index is 0.00823. The molecule has 13 heteroatoms. The van der Waals surface area contributed by atoms with E-state index in [2.05, 4.69) is 20.5 Å². The predicted molar refractivity (Wildman–Crippen MR) is 136 cm³/mol. The molecule has 1 saturated carbocycles. The molecular weight excluding hydrogens is 501 g/mol. The number of aliphatic hydroxyl groups excluding tert-OH is 1. The highest BCUT2D eigenvalue weighted by Crippen LogP contribution is 2.47. The van der Waals surface area contributed by atoms with Gasteiger partial charge in [-0.3, -0.25) is 9.20 Å². The summed E-state index contributed by atoms with van der Waals surface area (Å²) in [5.41, 5.74) is 12.0. The van der Waals surface area contributed by atoms with Gasteiger partial charge in [0.1, 0.15) is 11.6 Å². The van der Waals surface area contributed by atoms with Gasteiger partial charge in [-0.1, -0.05) is 13.8 Å².